The lowest BCUT2D eigenvalue weighted by atomic mass is 9.98. The summed E-state index contributed by atoms with van der Waals surface area (Å²) in [6, 6.07) is 20.6. The summed E-state index contributed by atoms with van der Waals surface area (Å²) in [6.07, 6.45) is 7.10. The number of aryl methyl sites for hydroxylation is 3. The fourth-order valence-electron chi connectivity index (χ4n) is 5.60. The Hall–Kier alpha value is -4.23. The Labute approximate surface area is 261 Å². The van der Waals surface area contributed by atoms with Crippen LogP contribution in [0.2, 0.25) is 0 Å². The molecule has 0 saturated carbocycles. The van der Waals surface area contributed by atoms with E-state index in [9.17, 15) is 4.79 Å². The van der Waals surface area contributed by atoms with Gasteiger partial charge in [-0.2, -0.15) is 0 Å². The van der Waals surface area contributed by atoms with Gasteiger partial charge in [-0.25, -0.2) is 14.8 Å². The minimum absolute atomic E-state index is 0.309. The maximum absolute atomic E-state index is 12.9. The Balaban J connectivity index is 1.44. The van der Waals surface area contributed by atoms with Crippen molar-refractivity contribution >= 4 is 17.0 Å². The Morgan fingerprint density at radius 1 is 1.00 bits per heavy atom. The van der Waals surface area contributed by atoms with E-state index in [2.05, 4.69) is 84.6 Å². The molecule has 3 aromatic carbocycles. The molecule has 2 heterocycles. The van der Waals surface area contributed by atoms with E-state index in [4.69, 9.17) is 14.7 Å². The number of hydrogen-bond donors (Lipinski definition) is 0. The number of benzene rings is 3. The summed E-state index contributed by atoms with van der Waals surface area (Å²) in [6.45, 7) is 12.7. The Bertz CT molecular complexity index is 1740. The minimum atomic E-state index is -0.554. The monoisotopic (exact) mass is 591 g/mol. The van der Waals surface area contributed by atoms with Gasteiger partial charge in [0.2, 0.25) is 0 Å². The molecule has 0 bridgehead atoms. The predicted molar refractivity (Wildman–Crippen MR) is 179 cm³/mol. The normalized spacial score (nSPS) is 11.9. The van der Waals surface area contributed by atoms with E-state index in [1.54, 1.807) is 0 Å². The molecule has 7 nitrogen and oxygen atoms in total. The number of rotatable bonds is 11. The Morgan fingerprint density at radius 2 is 1.75 bits per heavy atom. The smallest absolute Gasteiger partial charge is 0.339 e. The van der Waals surface area contributed by atoms with Gasteiger partial charge in [0.15, 0.2) is 0 Å². The summed E-state index contributed by atoms with van der Waals surface area (Å²) in [5.41, 5.74) is 8.48. The molecule has 0 N–H and O–H groups in total. The first-order chi connectivity index (χ1) is 21.0. The molecule has 0 aliphatic carbocycles. The number of fused-ring (bicyclic) bond motifs is 1. The second-order valence-corrected chi connectivity index (χ2v) is 12.9. The van der Waals surface area contributed by atoms with Crippen LogP contribution in [0.4, 0.5) is 0 Å². The van der Waals surface area contributed by atoms with Crippen molar-refractivity contribution in [3.8, 4) is 22.4 Å². The quantitative estimate of drug-likeness (QED) is 0.147. The predicted octanol–water partition coefficient (Wildman–Crippen LogP) is 7.78. The number of aromatic nitrogens is 4. The van der Waals surface area contributed by atoms with Crippen molar-refractivity contribution in [1.82, 2.24) is 24.0 Å². The van der Waals surface area contributed by atoms with E-state index in [-0.39, 0.29) is 5.97 Å². The first-order valence-corrected chi connectivity index (χ1v) is 15.6. The maximum Gasteiger partial charge on any atom is 0.339 e. The fraction of sp³-hybridized carbons (Fsp3) is 0.378. The number of nitrogens with zero attached hydrogens (tertiary/aromatic N) is 5. The standard InChI is InChI=1S/C37H45N5O2/c1-8-12-34-39-35-26(2)21-29(32-24-41(25-38-32)20-11-19-40(6)7)22-33(35)42(34)23-27-15-17-28(18-16-27)30-13-9-10-14-31(30)36(43)44-37(3,4)5/h9-10,13-18,21-22,24-25H,8,11-12,19-20,23H2,1-7H3. The molecule has 0 fully saturated rings. The van der Waals surface area contributed by atoms with Crippen molar-refractivity contribution < 1.29 is 9.53 Å². The highest BCUT2D eigenvalue weighted by Gasteiger charge is 2.21. The van der Waals surface area contributed by atoms with Crippen molar-refractivity contribution in [1.29, 1.82) is 0 Å². The molecule has 0 aliphatic rings. The average molecular weight is 592 g/mol. The second-order valence-electron chi connectivity index (χ2n) is 12.9. The SMILES string of the molecule is CCCc1nc2c(C)cc(-c3cn(CCCN(C)C)cn3)cc2n1Cc1ccc(-c2ccccc2C(=O)OC(C)(C)C)cc1. The molecule has 0 unspecified atom stereocenters. The van der Waals surface area contributed by atoms with Crippen molar-refractivity contribution in [2.75, 3.05) is 20.6 Å². The van der Waals surface area contributed by atoms with Crippen LogP contribution in [-0.2, 0) is 24.2 Å². The molecule has 5 aromatic rings. The summed E-state index contributed by atoms with van der Waals surface area (Å²) in [5, 5.41) is 0. The Morgan fingerprint density at radius 3 is 2.45 bits per heavy atom. The van der Waals surface area contributed by atoms with Gasteiger partial charge in [0.25, 0.3) is 0 Å². The molecule has 5 rings (SSSR count). The molecule has 0 saturated heterocycles. The molecule has 0 radical (unpaired) electrons. The van der Waals surface area contributed by atoms with E-state index in [1.165, 1.54) is 5.56 Å². The molecule has 2 aromatic heterocycles. The Kier molecular flexibility index (Phi) is 9.35. The first-order valence-electron chi connectivity index (χ1n) is 15.6. The van der Waals surface area contributed by atoms with Crippen LogP contribution < -0.4 is 0 Å². The van der Waals surface area contributed by atoms with E-state index >= 15 is 0 Å². The molecular formula is C37H45N5O2. The van der Waals surface area contributed by atoms with Crippen LogP contribution in [0.15, 0.2) is 73.2 Å². The van der Waals surface area contributed by atoms with Crippen molar-refractivity contribution in [2.45, 2.75) is 72.6 Å². The van der Waals surface area contributed by atoms with Crippen molar-refractivity contribution in [3.63, 3.8) is 0 Å². The number of carbonyl (C=O) groups excluding carboxylic acids is 1. The van der Waals surface area contributed by atoms with Gasteiger partial charge in [0, 0.05) is 31.3 Å². The third-order valence-corrected chi connectivity index (χ3v) is 7.70. The van der Waals surface area contributed by atoms with Crippen molar-refractivity contribution in [3.05, 3.63) is 95.7 Å². The molecule has 0 aliphatic heterocycles. The van der Waals surface area contributed by atoms with Crippen LogP contribution in [0.3, 0.4) is 0 Å². The van der Waals surface area contributed by atoms with Crippen LogP contribution in [0, 0.1) is 6.92 Å². The zero-order chi connectivity index (χ0) is 31.4. The summed E-state index contributed by atoms with van der Waals surface area (Å²) < 4.78 is 10.2. The second kappa shape index (κ2) is 13.2. The molecule has 0 spiro atoms. The highest BCUT2D eigenvalue weighted by atomic mass is 16.6. The topological polar surface area (TPSA) is 65.2 Å². The lowest BCUT2D eigenvalue weighted by Gasteiger charge is -2.20. The van der Waals surface area contributed by atoms with Gasteiger partial charge in [-0.15, -0.1) is 0 Å². The molecule has 0 amide bonds. The highest BCUT2D eigenvalue weighted by Crippen LogP contribution is 2.30. The lowest BCUT2D eigenvalue weighted by molar-refractivity contribution is 0.00704. The van der Waals surface area contributed by atoms with Crippen LogP contribution in [0.25, 0.3) is 33.4 Å². The van der Waals surface area contributed by atoms with Crippen LogP contribution in [0.1, 0.15) is 67.8 Å². The summed E-state index contributed by atoms with van der Waals surface area (Å²) in [7, 11) is 4.21. The number of carbonyl (C=O) groups is 1. The number of imidazole rings is 2. The summed E-state index contributed by atoms with van der Waals surface area (Å²) >= 11 is 0. The van der Waals surface area contributed by atoms with Crippen LogP contribution in [-0.4, -0.2) is 56.2 Å². The number of ether oxygens (including phenoxy) is 1. The van der Waals surface area contributed by atoms with E-state index in [1.807, 2.05) is 51.4 Å². The zero-order valence-electron chi connectivity index (χ0n) is 27.2. The lowest BCUT2D eigenvalue weighted by Crippen LogP contribution is -2.24. The molecule has 7 heteroatoms. The molecule has 0 atom stereocenters. The largest absolute Gasteiger partial charge is 0.456 e. The highest BCUT2D eigenvalue weighted by molar-refractivity contribution is 5.97. The number of esters is 1. The molecule has 230 valence electrons. The average Bonchev–Trinajstić information content (AvgIpc) is 3.58. The first kappa shape index (κ1) is 31.2. The summed E-state index contributed by atoms with van der Waals surface area (Å²) in [4.78, 5) is 25.0. The van der Waals surface area contributed by atoms with Crippen LogP contribution in [0.5, 0.6) is 0 Å². The van der Waals surface area contributed by atoms with E-state index in [0.29, 0.717) is 12.1 Å². The third-order valence-electron chi connectivity index (χ3n) is 7.70. The van der Waals surface area contributed by atoms with Gasteiger partial charge in [-0.3, -0.25) is 0 Å². The van der Waals surface area contributed by atoms with E-state index < -0.39 is 5.60 Å². The van der Waals surface area contributed by atoms with Crippen molar-refractivity contribution in [2.24, 2.45) is 0 Å². The zero-order valence-corrected chi connectivity index (χ0v) is 27.2. The van der Waals surface area contributed by atoms with Gasteiger partial charge in [0.1, 0.15) is 11.4 Å². The fourth-order valence-corrected chi connectivity index (χ4v) is 5.60. The van der Waals surface area contributed by atoms with Gasteiger partial charge in [0.05, 0.1) is 28.6 Å². The van der Waals surface area contributed by atoms with Crippen LogP contribution >= 0.6 is 0 Å². The number of hydrogen-bond acceptors (Lipinski definition) is 5. The summed E-state index contributed by atoms with van der Waals surface area (Å²) in [5.74, 6) is 0.784. The van der Waals surface area contributed by atoms with E-state index in [0.717, 1.165) is 77.2 Å². The van der Waals surface area contributed by atoms with Gasteiger partial charge in [-0.05, 0) is 102 Å². The third kappa shape index (κ3) is 7.28. The minimum Gasteiger partial charge on any atom is -0.456 e. The molecule has 44 heavy (non-hydrogen) atoms. The van der Waals surface area contributed by atoms with Gasteiger partial charge in [-0.1, -0.05) is 49.4 Å². The van der Waals surface area contributed by atoms with Gasteiger partial charge < -0.3 is 18.8 Å². The molecular weight excluding hydrogens is 546 g/mol. The maximum atomic E-state index is 12.9. The van der Waals surface area contributed by atoms with Gasteiger partial charge >= 0.3 is 5.97 Å².